The quantitative estimate of drug-likeness (QED) is 0.489. The minimum atomic E-state index is -0.0854. The molecule has 1 aliphatic rings. The number of hydrogen-bond donors (Lipinski definition) is 0. The van der Waals surface area contributed by atoms with Crippen LogP contribution in [-0.2, 0) is 0 Å². The highest BCUT2D eigenvalue weighted by Gasteiger charge is 2.34. The largest absolute Gasteiger partial charge is 0.486 e. The van der Waals surface area contributed by atoms with Crippen LogP contribution in [0.4, 0.5) is 0 Å². The van der Waals surface area contributed by atoms with E-state index in [2.05, 4.69) is 20.1 Å². The van der Waals surface area contributed by atoms with Gasteiger partial charge in [0.05, 0.1) is 29.7 Å². The Labute approximate surface area is 176 Å². The van der Waals surface area contributed by atoms with Crippen molar-refractivity contribution in [2.75, 3.05) is 13.1 Å². The van der Waals surface area contributed by atoms with Gasteiger partial charge in [-0.2, -0.15) is 4.98 Å². The van der Waals surface area contributed by atoms with E-state index in [0.29, 0.717) is 41.8 Å². The van der Waals surface area contributed by atoms with Crippen LogP contribution >= 0.6 is 11.3 Å². The number of ether oxygens (including phenoxy) is 1. The van der Waals surface area contributed by atoms with E-state index >= 15 is 0 Å². The van der Waals surface area contributed by atoms with Crippen LogP contribution in [0.2, 0.25) is 0 Å². The number of para-hydroxylation sites is 1. The van der Waals surface area contributed by atoms with Gasteiger partial charge in [0.25, 0.3) is 11.8 Å². The topological polar surface area (TPSA) is 94.2 Å². The van der Waals surface area contributed by atoms with Gasteiger partial charge in [-0.15, -0.1) is 11.3 Å². The lowest BCUT2D eigenvalue weighted by atomic mass is 10.1. The minimum absolute atomic E-state index is 0.0566. The average Bonchev–Trinajstić information content (AvgIpc) is 3.40. The number of thiophene rings is 1. The third-order valence-corrected chi connectivity index (χ3v) is 5.83. The molecule has 1 saturated heterocycles. The molecule has 0 radical (unpaired) electrons. The van der Waals surface area contributed by atoms with Gasteiger partial charge in [0.2, 0.25) is 5.82 Å². The minimum Gasteiger partial charge on any atom is -0.486 e. The monoisotopic (exact) mass is 419 g/mol. The van der Waals surface area contributed by atoms with E-state index in [9.17, 15) is 4.79 Å². The first kappa shape index (κ1) is 18.4. The summed E-state index contributed by atoms with van der Waals surface area (Å²) in [5.74, 6) is 1.39. The van der Waals surface area contributed by atoms with E-state index < -0.39 is 0 Å². The summed E-state index contributed by atoms with van der Waals surface area (Å²) in [6.45, 7) is 3.03. The zero-order chi connectivity index (χ0) is 20.5. The second kappa shape index (κ2) is 7.68. The van der Waals surface area contributed by atoms with E-state index in [1.165, 1.54) is 11.3 Å². The molecule has 4 heterocycles. The fourth-order valence-corrected chi connectivity index (χ4v) is 4.08. The maximum absolute atomic E-state index is 12.6. The maximum atomic E-state index is 12.6. The molecule has 0 unspecified atom stereocenters. The Bertz CT molecular complexity index is 1180. The van der Waals surface area contributed by atoms with Gasteiger partial charge in [-0.25, -0.2) is 4.98 Å². The van der Waals surface area contributed by atoms with Gasteiger partial charge in [0, 0.05) is 12.4 Å². The normalized spacial score (nSPS) is 13.8. The predicted molar refractivity (Wildman–Crippen MR) is 110 cm³/mol. The highest BCUT2D eigenvalue weighted by atomic mass is 32.1. The van der Waals surface area contributed by atoms with Crippen LogP contribution in [-0.4, -0.2) is 50.1 Å². The maximum Gasteiger partial charge on any atom is 0.264 e. The van der Waals surface area contributed by atoms with Gasteiger partial charge in [-0.05, 0) is 36.1 Å². The molecule has 0 aliphatic carbocycles. The third-order valence-electron chi connectivity index (χ3n) is 4.82. The molecule has 1 amide bonds. The number of carbonyl (C=O) groups excluding carboxylic acids is 1. The molecule has 30 heavy (non-hydrogen) atoms. The smallest absolute Gasteiger partial charge is 0.264 e. The standard InChI is InChI=1S/C21H17N5O3S/c1-13-6-9-30-18(13)21(27)26-11-14(12-26)28-17-5-3-2-4-15(17)20-24-19(25-29-20)16-10-22-7-8-23-16/h2-10,14H,11-12H2,1H3. The van der Waals surface area contributed by atoms with Crippen LogP contribution in [0.3, 0.4) is 0 Å². The van der Waals surface area contributed by atoms with Crippen LogP contribution < -0.4 is 4.74 Å². The lowest BCUT2D eigenvalue weighted by Gasteiger charge is -2.39. The number of rotatable bonds is 5. The molecule has 150 valence electrons. The summed E-state index contributed by atoms with van der Waals surface area (Å²) in [6, 6.07) is 9.44. The highest BCUT2D eigenvalue weighted by molar-refractivity contribution is 7.12. The van der Waals surface area contributed by atoms with Gasteiger partial charge in [0.15, 0.2) is 0 Å². The third kappa shape index (κ3) is 3.43. The molecule has 0 atom stereocenters. The summed E-state index contributed by atoms with van der Waals surface area (Å²) in [6.07, 6.45) is 4.65. The van der Waals surface area contributed by atoms with E-state index in [4.69, 9.17) is 9.26 Å². The summed E-state index contributed by atoms with van der Waals surface area (Å²) in [5, 5.41) is 5.93. The van der Waals surface area contributed by atoms with E-state index in [-0.39, 0.29) is 12.0 Å². The van der Waals surface area contributed by atoms with Gasteiger partial charge in [0.1, 0.15) is 17.5 Å². The van der Waals surface area contributed by atoms with Crippen molar-refractivity contribution in [3.8, 4) is 28.7 Å². The number of aromatic nitrogens is 4. The van der Waals surface area contributed by atoms with E-state index in [1.54, 1.807) is 23.5 Å². The molecular weight excluding hydrogens is 402 g/mol. The Balaban J connectivity index is 1.29. The van der Waals surface area contributed by atoms with Crippen molar-refractivity contribution in [2.45, 2.75) is 13.0 Å². The Morgan fingerprint density at radius 1 is 1.23 bits per heavy atom. The molecule has 1 aromatic carbocycles. The van der Waals surface area contributed by atoms with Crippen LogP contribution in [0, 0.1) is 6.92 Å². The van der Waals surface area contributed by atoms with Crippen LogP contribution in [0.5, 0.6) is 5.75 Å². The van der Waals surface area contributed by atoms with Crippen LogP contribution in [0.1, 0.15) is 15.2 Å². The number of aryl methyl sites for hydroxylation is 1. The SMILES string of the molecule is Cc1ccsc1C(=O)N1CC(Oc2ccccc2-c2nc(-c3cnccn3)no2)C1. The number of carbonyl (C=O) groups is 1. The molecule has 3 aromatic heterocycles. The van der Waals surface area contributed by atoms with Crippen molar-refractivity contribution in [1.82, 2.24) is 25.0 Å². The number of nitrogens with zero attached hydrogens (tertiary/aromatic N) is 5. The first-order valence-electron chi connectivity index (χ1n) is 9.38. The van der Waals surface area contributed by atoms with Crippen molar-refractivity contribution < 1.29 is 14.1 Å². The van der Waals surface area contributed by atoms with Gasteiger partial charge in [-0.1, -0.05) is 17.3 Å². The lowest BCUT2D eigenvalue weighted by Crippen LogP contribution is -2.56. The Morgan fingerprint density at radius 3 is 2.87 bits per heavy atom. The van der Waals surface area contributed by atoms with Gasteiger partial charge in [-0.3, -0.25) is 9.78 Å². The van der Waals surface area contributed by atoms with Crippen molar-refractivity contribution in [1.29, 1.82) is 0 Å². The Hall–Kier alpha value is -3.59. The number of hydrogen-bond acceptors (Lipinski definition) is 8. The van der Waals surface area contributed by atoms with Crippen molar-refractivity contribution >= 4 is 17.2 Å². The Morgan fingerprint density at radius 2 is 2.10 bits per heavy atom. The molecule has 1 aliphatic heterocycles. The van der Waals surface area contributed by atoms with Crippen LogP contribution in [0.15, 0.2) is 58.8 Å². The second-order valence-electron chi connectivity index (χ2n) is 6.89. The molecule has 0 spiro atoms. The molecule has 9 heteroatoms. The fraction of sp³-hybridized carbons (Fsp3) is 0.190. The number of amides is 1. The number of likely N-dealkylation sites (tertiary alicyclic amines) is 1. The highest BCUT2D eigenvalue weighted by Crippen LogP contribution is 2.32. The lowest BCUT2D eigenvalue weighted by molar-refractivity contribution is 0.0183. The van der Waals surface area contributed by atoms with E-state index in [1.807, 2.05) is 42.6 Å². The summed E-state index contributed by atoms with van der Waals surface area (Å²) in [4.78, 5) is 27.8. The van der Waals surface area contributed by atoms with Gasteiger partial charge < -0.3 is 14.2 Å². The van der Waals surface area contributed by atoms with Crippen molar-refractivity contribution in [2.24, 2.45) is 0 Å². The number of benzene rings is 1. The molecule has 0 N–H and O–H groups in total. The molecule has 4 aromatic rings. The van der Waals surface area contributed by atoms with Crippen molar-refractivity contribution in [3.63, 3.8) is 0 Å². The van der Waals surface area contributed by atoms with Crippen LogP contribution in [0.25, 0.3) is 23.0 Å². The summed E-state index contributed by atoms with van der Waals surface area (Å²) in [7, 11) is 0. The average molecular weight is 419 g/mol. The molecule has 0 bridgehead atoms. The summed E-state index contributed by atoms with van der Waals surface area (Å²) < 4.78 is 11.6. The first-order valence-corrected chi connectivity index (χ1v) is 10.3. The fourth-order valence-electron chi connectivity index (χ4n) is 3.19. The predicted octanol–water partition coefficient (Wildman–Crippen LogP) is 3.47. The van der Waals surface area contributed by atoms with Crippen molar-refractivity contribution in [3.05, 3.63) is 64.7 Å². The molecule has 1 fully saturated rings. The molecule has 8 nitrogen and oxygen atoms in total. The summed E-state index contributed by atoms with van der Waals surface area (Å²) in [5.41, 5.74) is 2.23. The molecular formula is C21H17N5O3S. The first-order chi connectivity index (χ1) is 14.7. The zero-order valence-electron chi connectivity index (χ0n) is 16.1. The second-order valence-corrected chi connectivity index (χ2v) is 7.81. The Kier molecular flexibility index (Phi) is 4.72. The summed E-state index contributed by atoms with van der Waals surface area (Å²) >= 11 is 1.47. The van der Waals surface area contributed by atoms with E-state index in [0.717, 1.165) is 10.4 Å². The molecule has 5 rings (SSSR count). The van der Waals surface area contributed by atoms with Gasteiger partial charge >= 0.3 is 0 Å². The molecule has 0 saturated carbocycles. The zero-order valence-corrected chi connectivity index (χ0v) is 16.9.